The molecule has 7 nitrogen and oxygen atoms in total. The molecule has 2 heterocycles. The van der Waals surface area contributed by atoms with Crippen molar-refractivity contribution in [3.8, 4) is 22.8 Å². The lowest BCUT2D eigenvalue weighted by molar-refractivity contribution is 0.0688. The van der Waals surface area contributed by atoms with Gasteiger partial charge in [0.05, 0.1) is 11.4 Å². The van der Waals surface area contributed by atoms with Gasteiger partial charge in [-0.25, -0.2) is 14.4 Å². The van der Waals surface area contributed by atoms with Crippen molar-refractivity contribution in [1.29, 1.82) is 0 Å². The first-order valence-corrected chi connectivity index (χ1v) is 12.1. The van der Waals surface area contributed by atoms with Crippen LogP contribution in [0.4, 0.5) is 4.39 Å². The molecule has 9 heteroatoms. The SMILES string of the molecule is Cc1ccc(-c2nc(C(C)(C)O)ncc2C)cc1-n1c(C)nc(OCc2ccc(F)cc2)c(Br)c1=O. The summed E-state index contributed by atoms with van der Waals surface area (Å²) in [5.74, 6) is 0.579. The van der Waals surface area contributed by atoms with Gasteiger partial charge in [-0.2, -0.15) is 4.98 Å². The zero-order valence-electron chi connectivity index (χ0n) is 20.6. The Hall–Kier alpha value is -3.43. The number of aliphatic hydroxyl groups is 1. The van der Waals surface area contributed by atoms with Crippen LogP contribution in [-0.4, -0.2) is 24.6 Å². The molecule has 0 unspecified atom stereocenters. The molecule has 0 aliphatic heterocycles. The van der Waals surface area contributed by atoms with Gasteiger partial charge < -0.3 is 9.84 Å². The van der Waals surface area contributed by atoms with Crippen molar-refractivity contribution in [3.63, 3.8) is 0 Å². The average Bonchev–Trinajstić information content (AvgIpc) is 2.82. The lowest BCUT2D eigenvalue weighted by atomic mass is 10.0. The lowest BCUT2D eigenvalue weighted by Gasteiger charge is -2.18. The van der Waals surface area contributed by atoms with Gasteiger partial charge in [-0.15, -0.1) is 0 Å². The van der Waals surface area contributed by atoms with E-state index in [0.29, 0.717) is 23.0 Å². The van der Waals surface area contributed by atoms with Crippen LogP contribution in [-0.2, 0) is 12.2 Å². The number of aryl methyl sites for hydroxylation is 3. The first-order valence-electron chi connectivity index (χ1n) is 11.3. The molecule has 2 aromatic carbocycles. The van der Waals surface area contributed by atoms with E-state index in [1.165, 1.54) is 16.7 Å². The molecule has 0 aliphatic carbocycles. The monoisotopic (exact) mass is 552 g/mol. The predicted octanol–water partition coefficient (Wildman–Crippen LogP) is 5.32. The van der Waals surface area contributed by atoms with Gasteiger partial charge in [0.25, 0.3) is 5.56 Å². The van der Waals surface area contributed by atoms with E-state index >= 15 is 0 Å². The maximum atomic E-state index is 13.4. The molecule has 0 amide bonds. The normalized spacial score (nSPS) is 11.6. The molecule has 1 N–H and O–H groups in total. The van der Waals surface area contributed by atoms with Crippen LogP contribution >= 0.6 is 15.9 Å². The van der Waals surface area contributed by atoms with E-state index < -0.39 is 5.60 Å². The maximum Gasteiger partial charge on any atom is 0.276 e. The van der Waals surface area contributed by atoms with Crippen LogP contribution in [0, 0.1) is 26.6 Å². The first-order chi connectivity index (χ1) is 17.0. The van der Waals surface area contributed by atoms with E-state index in [9.17, 15) is 14.3 Å². The summed E-state index contributed by atoms with van der Waals surface area (Å²) in [7, 11) is 0. The van der Waals surface area contributed by atoms with Crippen LogP contribution in [0.5, 0.6) is 5.88 Å². The van der Waals surface area contributed by atoms with Gasteiger partial charge in [0.2, 0.25) is 5.88 Å². The fourth-order valence-corrected chi connectivity index (χ4v) is 4.10. The number of benzene rings is 2. The predicted molar refractivity (Wildman–Crippen MR) is 139 cm³/mol. The Balaban J connectivity index is 1.75. The second-order valence-corrected chi connectivity index (χ2v) is 9.91. The minimum atomic E-state index is -1.19. The van der Waals surface area contributed by atoms with E-state index in [2.05, 4.69) is 30.9 Å². The van der Waals surface area contributed by atoms with Gasteiger partial charge in [-0.3, -0.25) is 9.36 Å². The molecular weight excluding hydrogens is 527 g/mol. The second-order valence-electron chi connectivity index (χ2n) is 9.12. The number of rotatable bonds is 6. The Labute approximate surface area is 216 Å². The summed E-state index contributed by atoms with van der Waals surface area (Å²) in [6.45, 7) is 8.94. The van der Waals surface area contributed by atoms with Gasteiger partial charge in [-0.1, -0.05) is 24.3 Å². The topological polar surface area (TPSA) is 90.1 Å². The van der Waals surface area contributed by atoms with Crippen molar-refractivity contribution in [1.82, 2.24) is 19.5 Å². The van der Waals surface area contributed by atoms with Crippen LogP contribution in [0.1, 0.15) is 42.2 Å². The average molecular weight is 553 g/mol. The summed E-state index contributed by atoms with van der Waals surface area (Å²) in [6, 6.07) is 11.6. The molecule has 0 radical (unpaired) electrons. The summed E-state index contributed by atoms with van der Waals surface area (Å²) >= 11 is 3.35. The van der Waals surface area contributed by atoms with Crippen LogP contribution in [0.3, 0.4) is 0 Å². The number of nitrogens with zero attached hydrogens (tertiary/aromatic N) is 4. The summed E-state index contributed by atoms with van der Waals surface area (Å²) in [5, 5.41) is 10.4. The largest absolute Gasteiger partial charge is 0.472 e. The van der Waals surface area contributed by atoms with Crippen molar-refractivity contribution >= 4 is 15.9 Å². The molecule has 4 aromatic rings. The highest BCUT2D eigenvalue weighted by atomic mass is 79.9. The van der Waals surface area contributed by atoms with Crippen molar-refractivity contribution < 1.29 is 14.2 Å². The molecule has 186 valence electrons. The zero-order valence-corrected chi connectivity index (χ0v) is 22.2. The van der Waals surface area contributed by atoms with Gasteiger partial charge in [-0.05, 0) is 85.4 Å². The Morgan fingerprint density at radius 1 is 1.06 bits per heavy atom. The van der Waals surface area contributed by atoms with Gasteiger partial charge in [0, 0.05) is 11.8 Å². The fourth-order valence-electron chi connectivity index (χ4n) is 3.72. The summed E-state index contributed by atoms with van der Waals surface area (Å²) < 4.78 is 20.6. The summed E-state index contributed by atoms with van der Waals surface area (Å²) in [6.07, 6.45) is 1.68. The Morgan fingerprint density at radius 2 is 1.75 bits per heavy atom. The number of aromatic nitrogens is 4. The van der Waals surface area contributed by atoms with E-state index in [4.69, 9.17) is 4.74 Å². The first kappa shape index (κ1) is 25.7. The van der Waals surface area contributed by atoms with E-state index in [-0.39, 0.29) is 28.3 Å². The molecule has 4 rings (SSSR count). The maximum absolute atomic E-state index is 13.4. The highest BCUT2D eigenvalue weighted by Crippen LogP contribution is 2.29. The van der Waals surface area contributed by atoms with E-state index in [1.807, 2.05) is 32.0 Å². The van der Waals surface area contributed by atoms with Crippen LogP contribution in [0.25, 0.3) is 16.9 Å². The molecular formula is C27H26BrFN4O3. The number of halogens is 2. The molecule has 2 aromatic heterocycles. The fraction of sp³-hybridized carbons (Fsp3) is 0.259. The van der Waals surface area contributed by atoms with Crippen LogP contribution in [0.2, 0.25) is 0 Å². The third-order valence-corrected chi connectivity index (χ3v) is 6.38. The van der Waals surface area contributed by atoms with Gasteiger partial charge in [0.1, 0.15) is 28.3 Å². The lowest BCUT2D eigenvalue weighted by Crippen LogP contribution is -2.24. The van der Waals surface area contributed by atoms with Crippen LogP contribution in [0.15, 0.2) is 57.9 Å². The molecule has 0 aliphatic rings. The van der Waals surface area contributed by atoms with Crippen LogP contribution < -0.4 is 10.3 Å². The molecule has 0 saturated carbocycles. The van der Waals surface area contributed by atoms with E-state index in [0.717, 1.165) is 22.3 Å². The second kappa shape index (κ2) is 9.91. The minimum absolute atomic E-state index is 0.139. The number of hydrogen-bond acceptors (Lipinski definition) is 6. The van der Waals surface area contributed by atoms with Crippen molar-refractivity contribution in [3.05, 3.63) is 97.6 Å². The number of ether oxygens (including phenoxy) is 1. The molecule has 0 atom stereocenters. The molecule has 0 bridgehead atoms. The van der Waals surface area contributed by atoms with Crippen molar-refractivity contribution in [2.24, 2.45) is 0 Å². The molecule has 0 saturated heterocycles. The summed E-state index contributed by atoms with van der Waals surface area (Å²) in [5.41, 5.74) is 3.03. The summed E-state index contributed by atoms with van der Waals surface area (Å²) in [4.78, 5) is 26.8. The van der Waals surface area contributed by atoms with E-state index in [1.54, 1.807) is 39.1 Å². The van der Waals surface area contributed by atoms with Gasteiger partial charge >= 0.3 is 0 Å². The highest BCUT2D eigenvalue weighted by Gasteiger charge is 2.22. The van der Waals surface area contributed by atoms with Crippen molar-refractivity contribution in [2.75, 3.05) is 0 Å². The van der Waals surface area contributed by atoms with Crippen molar-refractivity contribution in [2.45, 2.75) is 46.8 Å². The highest BCUT2D eigenvalue weighted by molar-refractivity contribution is 9.10. The third kappa shape index (κ3) is 5.22. The standard InChI is InChI=1S/C27H26BrFN4O3/c1-15-6-9-19(23-16(2)13-30-26(32-23)27(4,5)35)12-21(15)33-17(3)31-24(22(28)25(33)34)36-14-18-7-10-20(29)11-8-18/h6-13,35H,14H2,1-5H3. The Kier molecular flexibility index (Phi) is 7.06. The molecule has 0 spiro atoms. The zero-order chi connectivity index (χ0) is 26.2. The smallest absolute Gasteiger partial charge is 0.276 e. The minimum Gasteiger partial charge on any atom is -0.472 e. The number of hydrogen-bond donors (Lipinski definition) is 1. The van der Waals surface area contributed by atoms with Gasteiger partial charge in [0.15, 0.2) is 5.82 Å². The quantitative estimate of drug-likeness (QED) is 0.348. The Bertz CT molecular complexity index is 1500. The molecule has 0 fully saturated rings. The molecule has 36 heavy (non-hydrogen) atoms. The Morgan fingerprint density at radius 3 is 2.42 bits per heavy atom. The third-order valence-electron chi connectivity index (χ3n) is 5.70.